The zero-order chi connectivity index (χ0) is 25.5. The second-order valence-corrected chi connectivity index (χ2v) is 7.93. The summed E-state index contributed by atoms with van der Waals surface area (Å²) in [6, 6.07) is 27.5. The molecule has 0 saturated heterocycles. The Balaban J connectivity index is 0.000000187. The topological polar surface area (TPSA) is 113 Å². The molecule has 0 fully saturated rings. The van der Waals surface area contributed by atoms with Crippen LogP contribution in [0, 0.1) is 5.82 Å². The third-order valence-corrected chi connectivity index (χ3v) is 5.42. The number of methoxy groups -OCH3 is 1. The van der Waals surface area contributed by atoms with E-state index >= 15 is 0 Å². The highest BCUT2D eigenvalue weighted by Crippen LogP contribution is 2.34. The van der Waals surface area contributed by atoms with Gasteiger partial charge in [-0.1, -0.05) is 78.3 Å². The van der Waals surface area contributed by atoms with Gasteiger partial charge in [0, 0.05) is 16.7 Å². The third-order valence-electron chi connectivity index (χ3n) is 5.23. The second-order valence-electron chi connectivity index (χ2n) is 7.55. The summed E-state index contributed by atoms with van der Waals surface area (Å²) in [5, 5.41) is 15.8. The van der Waals surface area contributed by atoms with Crippen LogP contribution in [0.4, 0.5) is 16.0 Å². The van der Waals surface area contributed by atoms with E-state index in [2.05, 4.69) is 20.4 Å². The molecule has 0 aliphatic rings. The Morgan fingerprint density at radius 3 is 1.81 bits per heavy atom. The molecule has 0 atom stereocenters. The molecular formula is C27H22ClFN6O. The number of aromatic nitrogens is 4. The van der Waals surface area contributed by atoms with Crippen LogP contribution in [-0.2, 0) is 0 Å². The molecule has 0 amide bonds. The summed E-state index contributed by atoms with van der Waals surface area (Å²) < 4.78 is 19.0. The number of nitrogen functional groups attached to an aromatic ring is 2. The quantitative estimate of drug-likeness (QED) is 0.315. The maximum absolute atomic E-state index is 13.8. The van der Waals surface area contributed by atoms with Gasteiger partial charge in [-0.05, 0) is 35.4 Å². The van der Waals surface area contributed by atoms with Crippen molar-refractivity contribution in [2.24, 2.45) is 0 Å². The molecule has 0 saturated carbocycles. The molecule has 2 aromatic heterocycles. The molecule has 0 radical (unpaired) electrons. The van der Waals surface area contributed by atoms with Gasteiger partial charge in [0.05, 0.1) is 12.8 Å². The number of benzene rings is 3. The number of nitrogens with two attached hydrogens (primary N) is 2. The van der Waals surface area contributed by atoms with E-state index in [-0.39, 0.29) is 5.75 Å². The first-order valence-corrected chi connectivity index (χ1v) is 11.2. The van der Waals surface area contributed by atoms with E-state index in [0.717, 1.165) is 22.3 Å². The molecule has 180 valence electrons. The Labute approximate surface area is 212 Å². The van der Waals surface area contributed by atoms with Gasteiger partial charge in [0.1, 0.15) is 0 Å². The number of hydrogen-bond acceptors (Lipinski definition) is 7. The van der Waals surface area contributed by atoms with E-state index in [4.69, 9.17) is 27.8 Å². The molecule has 0 unspecified atom stereocenters. The summed E-state index contributed by atoms with van der Waals surface area (Å²) in [6.45, 7) is 0. The van der Waals surface area contributed by atoms with Gasteiger partial charge >= 0.3 is 0 Å². The molecule has 9 heteroatoms. The van der Waals surface area contributed by atoms with Crippen LogP contribution in [-0.4, -0.2) is 27.5 Å². The highest BCUT2D eigenvalue weighted by molar-refractivity contribution is 6.29. The van der Waals surface area contributed by atoms with E-state index in [9.17, 15) is 4.39 Å². The number of hydrogen-bond donors (Lipinski definition) is 2. The van der Waals surface area contributed by atoms with Crippen molar-refractivity contribution in [3.05, 3.63) is 102 Å². The van der Waals surface area contributed by atoms with Gasteiger partial charge in [-0.15, -0.1) is 20.4 Å². The number of anilines is 2. The van der Waals surface area contributed by atoms with Crippen LogP contribution >= 0.6 is 11.6 Å². The summed E-state index contributed by atoms with van der Waals surface area (Å²) >= 11 is 5.74. The van der Waals surface area contributed by atoms with Crippen LogP contribution in [0.5, 0.6) is 5.75 Å². The lowest BCUT2D eigenvalue weighted by atomic mass is 10.0. The molecule has 36 heavy (non-hydrogen) atoms. The number of ether oxygens (including phenoxy) is 1. The van der Waals surface area contributed by atoms with Crippen LogP contribution in [0.25, 0.3) is 33.5 Å². The van der Waals surface area contributed by atoms with Gasteiger partial charge in [0.2, 0.25) is 0 Å². The highest BCUT2D eigenvalue weighted by atomic mass is 35.5. The fourth-order valence-electron chi connectivity index (χ4n) is 3.53. The molecule has 4 N–H and O–H groups in total. The van der Waals surface area contributed by atoms with E-state index in [1.165, 1.54) is 13.2 Å². The zero-order valence-corrected chi connectivity index (χ0v) is 20.0. The maximum atomic E-state index is 13.8. The minimum Gasteiger partial charge on any atom is -0.493 e. The number of nitrogens with zero attached hydrogens (tertiary/aromatic N) is 4. The van der Waals surface area contributed by atoms with Gasteiger partial charge in [0.25, 0.3) is 0 Å². The van der Waals surface area contributed by atoms with Crippen LogP contribution < -0.4 is 16.2 Å². The van der Waals surface area contributed by atoms with Gasteiger partial charge in [-0.2, -0.15) is 0 Å². The standard InChI is InChI=1S/C17H14FN3O.C10H8ClN3/c1-22-16-12(8-5-9-14(16)18)15-10-13(17(19)21-20-15)11-6-3-2-4-7-11;11-9-6-8(10(12)14-13-9)7-4-2-1-3-5-7/h2-10H,1H3,(H2,19,21);1-6H,(H2,12,14). The molecular weight excluding hydrogens is 479 g/mol. The predicted octanol–water partition coefficient (Wildman–Crippen LogP) is 5.92. The minimum absolute atomic E-state index is 0.139. The predicted molar refractivity (Wildman–Crippen MR) is 141 cm³/mol. The average molecular weight is 501 g/mol. The molecule has 0 spiro atoms. The highest BCUT2D eigenvalue weighted by Gasteiger charge is 2.14. The Morgan fingerprint density at radius 1 is 0.667 bits per heavy atom. The Kier molecular flexibility index (Phi) is 7.67. The minimum atomic E-state index is -0.445. The van der Waals surface area contributed by atoms with Crippen LogP contribution in [0.3, 0.4) is 0 Å². The molecule has 0 aliphatic carbocycles. The third kappa shape index (κ3) is 5.56. The van der Waals surface area contributed by atoms with Gasteiger partial charge < -0.3 is 16.2 Å². The van der Waals surface area contributed by atoms with Crippen molar-refractivity contribution in [2.75, 3.05) is 18.6 Å². The first-order chi connectivity index (χ1) is 17.5. The van der Waals surface area contributed by atoms with Gasteiger partial charge in [0.15, 0.2) is 28.4 Å². The largest absolute Gasteiger partial charge is 0.493 e. The lowest BCUT2D eigenvalue weighted by Gasteiger charge is -2.10. The zero-order valence-electron chi connectivity index (χ0n) is 19.3. The van der Waals surface area contributed by atoms with E-state index in [1.54, 1.807) is 24.3 Å². The van der Waals surface area contributed by atoms with E-state index in [0.29, 0.717) is 28.0 Å². The van der Waals surface area contributed by atoms with Crippen molar-refractivity contribution >= 4 is 23.2 Å². The first kappa shape index (κ1) is 24.6. The fraction of sp³-hybridized carbons (Fsp3) is 0.0370. The molecule has 0 bridgehead atoms. The Bertz CT molecular complexity index is 1470. The number of rotatable bonds is 4. The SMILES string of the molecule is COc1c(F)cccc1-c1cc(-c2ccccc2)c(N)nn1.Nc1nnc(Cl)cc1-c1ccccc1. The molecule has 2 heterocycles. The van der Waals surface area contributed by atoms with E-state index < -0.39 is 5.82 Å². The van der Waals surface area contributed by atoms with Crippen molar-refractivity contribution in [3.63, 3.8) is 0 Å². The molecule has 0 aliphatic heterocycles. The summed E-state index contributed by atoms with van der Waals surface area (Å²) in [7, 11) is 1.42. The molecule has 7 nitrogen and oxygen atoms in total. The Hall–Kier alpha value is -4.56. The van der Waals surface area contributed by atoms with Crippen molar-refractivity contribution in [1.82, 2.24) is 20.4 Å². The van der Waals surface area contributed by atoms with Crippen LogP contribution in [0.15, 0.2) is 91.0 Å². The maximum Gasteiger partial charge on any atom is 0.165 e. The molecule has 5 aromatic rings. The van der Waals surface area contributed by atoms with Crippen LogP contribution in [0.1, 0.15) is 0 Å². The first-order valence-electron chi connectivity index (χ1n) is 10.8. The van der Waals surface area contributed by atoms with Crippen LogP contribution in [0.2, 0.25) is 5.15 Å². The number of halogens is 2. The lowest BCUT2D eigenvalue weighted by Crippen LogP contribution is -2.00. The summed E-state index contributed by atoms with van der Waals surface area (Å²) in [4.78, 5) is 0. The fourth-order valence-corrected chi connectivity index (χ4v) is 3.67. The van der Waals surface area contributed by atoms with E-state index in [1.807, 2.05) is 60.7 Å². The smallest absolute Gasteiger partial charge is 0.165 e. The van der Waals surface area contributed by atoms with Crippen molar-refractivity contribution in [2.45, 2.75) is 0 Å². The number of para-hydroxylation sites is 1. The Morgan fingerprint density at radius 2 is 1.22 bits per heavy atom. The van der Waals surface area contributed by atoms with Crippen molar-refractivity contribution < 1.29 is 9.13 Å². The second kappa shape index (κ2) is 11.2. The van der Waals surface area contributed by atoms with Gasteiger partial charge in [-0.3, -0.25) is 0 Å². The van der Waals surface area contributed by atoms with Crippen molar-refractivity contribution in [3.8, 4) is 39.3 Å². The molecule has 5 rings (SSSR count). The summed E-state index contributed by atoms with van der Waals surface area (Å²) in [5.41, 5.74) is 16.1. The lowest BCUT2D eigenvalue weighted by molar-refractivity contribution is 0.388. The summed E-state index contributed by atoms with van der Waals surface area (Å²) in [5.74, 6) is 0.409. The van der Waals surface area contributed by atoms with Gasteiger partial charge in [-0.25, -0.2) is 4.39 Å². The average Bonchev–Trinajstić information content (AvgIpc) is 2.91. The monoisotopic (exact) mass is 500 g/mol. The summed E-state index contributed by atoms with van der Waals surface area (Å²) in [6.07, 6.45) is 0. The molecule has 3 aromatic carbocycles. The van der Waals surface area contributed by atoms with Crippen molar-refractivity contribution in [1.29, 1.82) is 0 Å². The normalized spacial score (nSPS) is 10.3.